The topological polar surface area (TPSA) is 15.3 Å². The first-order valence-electron chi connectivity index (χ1n) is 22.9. The Morgan fingerprint density at radius 1 is 0.704 bits per heavy atom. The molecule has 2 heterocycles. The molecular weight excluding hydrogens is 653 g/mol. The summed E-state index contributed by atoms with van der Waals surface area (Å²) in [5, 5.41) is 3.48. The molecule has 288 valence electrons. The highest BCUT2D eigenvalue weighted by Gasteiger charge is 2.40. The predicted molar refractivity (Wildman–Crippen MR) is 229 cm³/mol. The van der Waals surface area contributed by atoms with Crippen LogP contribution in [0, 0.1) is 59.2 Å². The van der Waals surface area contributed by atoms with E-state index >= 15 is 0 Å². The van der Waals surface area contributed by atoms with E-state index in [1.165, 1.54) is 109 Å². The molecule has 2 aliphatic heterocycles. The van der Waals surface area contributed by atoms with Gasteiger partial charge in [-0.05, 0) is 179 Å². The normalized spacial score (nSPS) is 42.3. The van der Waals surface area contributed by atoms with E-state index in [9.17, 15) is 0 Å². The lowest BCUT2D eigenvalue weighted by Crippen LogP contribution is -2.49. The van der Waals surface area contributed by atoms with E-state index in [0.29, 0.717) is 47.5 Å². The SMILES string of the molecule is C/C1=C2/C=CCCC2C(C2=CCC(C3C=CC4C=CCCC4C3)C=C2)CN(C2C=CCC3CCCCC32)C/C(C2CC=C(C3=CNCC3)CC2)=C\CC1C. The first-order chi connectivity index (χ1) is 26.6. The Bertz CT molecular complexity index is 1680. The van der Waals surface area contributed by atoms with Gasteiger partial charge in [-0.2, -0.15) is 0 Å². The van der Waals surface area contributed by atoms with Crippen LogP contribution in [0.1, 0.15) is 117 Å². The van der Waals surface area contributed by atoms with Gasteiger partial charge in [0.05, 0.1) is 0 Å². The molecule has 0 radical (unpaired) electrons. The summed E-state index contributed by atoms with van der Waals surface area (Å²) in [5.74, 6) is 6.95. The summed E-state index contributed by atoms with van der Waals surface area (Å²) in [4.78, 5) is 3.08. The molecule has 1 fully saturated rings. The Balaban J connectivity index is 1.05. The minimum absolute atomic E-state index is 0.537. The monoisotopic (exact) mass is 723 g/mol. The van der Waals surface area contributed by atoms with Crippen molar-refractivity contribution in [3.8, 4) is 0 Å². The molecule has 0 aromatic heterocycles. The molecule has 54 heavy (non-hydrogen) atoms. The number of rotatable bonds is 5. The highest BCUT2D eigenvalue weighted by molar-refractivity contribution is 5.39. The fourth-order valence-corrected chi connectivity index (χ4v) is 12.8. The van der Waals surface area contributed by atoms with Crippen LogP contribution in [-0.4, -0.2) is 30.6 Å². The number of nitrogens with one attached hydrogen (secondary N) is 1. The van der Waals surface area contributed by atoms with Gasteiger partial charge in [-0.1, -0.05) is 110 Å². The molecular formula is C52H70N2. The molecule has 2 nitrogen and oxygen atoms in total. The fraction of sp³-hybridized carbons (Fsp3) is 0.615. The van der Waals surface area contributed by atoms with Crippen LogP contribution in [0.2, 0.25) is 0 Å². The smallest absolute Gasteiger partial charge is 0.0312 e. The van der Waals surface area contributed by atoms with Gasteiger partial charge < -0.3 is 5.32 Å². The van der Waals surface area contributed by atoms with E-state index in [4.69, 9.17) is 0 Å². The van der Waals surface area contributed by atoms with Crippen LogP contribution in [-0.2, 0) is 0 Å². The Morgan fingerprint density at radius 2 is 1.63 bits per heavy atom. The molecule has 0 saturated heterocycles. The highest BCUT2D eigenvalue weighted by atomic mass is 15.2. The molecule has 7 aliphatic carbocycles. The van der Waals surface area contributed by atoms with Gasteiger partial charge in [0.1, 0.15) is 0 Å². The quantitative estimate of drug-likeness (QED) is 0.284. The lowest BCUT2D eigenvalue weighted by Gasteiger charge is -2.46. The highest BCUT2D eigenvalue weighted by Crippen LogP contribution is 2.47. The number of allylic oxidation sites excluding steroid dienone is 15. The Kier molecular flexibility index (Phi) is 11.4. The van der Waals surface area contributed by atoms with Crippen molar-refractivity contribution in [3.05, 3.63) is 119 Å². The summed E-state index contributed by atoms with van der Waals surface area (Å²) in [7, 11) is 0. The zero-order valence-electron chi connectivity index (χ0n) is 33.8. The molecule has 1 saturated carbocycles. The molecule has 0 aromatic carbocycles. The molecule has 11 unspecified atom stereocenters. The molecule has 0 bridgehead atoms. The van der Waals surface area contributed by atoms with Gasteiger partial charge in [-0.15, -0.1) is 0 Å². The van der Waals surface area contributed by atoms with Gasteiger partial charge >= 0.3 is 0 Å². The molecule has 2 heteroatoms. The third-order valence-electron chi connectivity index (χ3n) is 16.2. The summed E-state index contributed by atoms with van der Waals surface area (Å²) in [6, 6.07) is 0.566. The van der Waals surface area contributed by atoms with Gasteiger partial charge in [-0.25, -0.2) is 0 Å². The molecule has 11 atom stereocenters. The number of hydrogen-bond acceptors (Lipinski definition) is 2. The number of fused-ring (bicyclic) bond motifs is 3. The lowest BCUT2D eigenvalue weighted by molar-refractivity contribution is 0.0894. The zero-order valence-corrected chi connectivity index (χ0v) is 33.8. The number of hydrogen-bond donors (Lipinski definition) is 1. The largest absolute Gasteiger partial charge is 0.390 e. The van der Waals surface area contributed by atoms with Crippen molar-refractivity contribution in [2.24, 2.45) is 59.2 Å². The van der Waals surface area contributed by atoms with Gasteiger partial charge in [-0.3, -0.25) is 4.90 Å². The van der Waals surface area contributed by atoms with Crippen molar-refractivity contribution in [1.29, 1.82) is 0 Å². The van der Waals surface area contributed by atoms with Crippen LogP contribution in [0.3, 0.4) is 0 Å². The van der Waals surface area contributed by atoms with Crippen LogP contribution in [0.4, 0.5) is 0 Å². The van der Waals surface area contributed by atoms with Crippen molar-refractivity contribution in [2.75, 3.05) is 19.6 Å². The van der Waals surface area contributed by atoms with E-state index in [1.807, 2.05) is 0 Å². The molecule has 9 rings (SSSR count). The van der Waals surface area contributed by atoms with E-state index in [1.54, 1.807) is 33.4 Å². The van der Waals surface area contributed by atoms with Crippen molar-refractivity contribution in [2.45, 2.75) is 123 Å². The predicted octanol–water partition coefficient (Wildman–Crippen LogP) is 12.6. The van der Waals surface area contributed by atoms with E-state index in [2.05, 4.69) is 109 Å². The van der Waals surface area contributed by atoms with Crippen LogP contribution < -0.4 is 5.32 Å². The van der Waals surface area contributed by atoms with Crippen molar-refractivity contribution in [1.82, 2.24) is 10.2 Å². The summed E-state index contributed by atoms with van der Waals surface area (Å²) in [6.45, 7) is 8.48. The minimum atomic E-state index is 0.537. The third kappa shape index (κ3) is 7.77. The summed E-state index contributed by atoms with van der Waals surface area (Å²) >= 11 is 0. The molecule has 9 aliphatic rings. The molecule has 0 amide bonds. The Morgan fingerprint density at radius 3 is 2.48 bits per heavy atom. The maximum atomic E-state index is 3.48. The summed E-state index contributed by atoms with van der Waals surface area (Å²) in [5.41, 5.74) is 9.94. The van der Waals surface area contributed by atoms with Gasteiger partial charge in [0.15, 0.2) is 0 Å². The van der Waals surface area contributed by atoms with E-state index in [-0.39, 0.29) is 0 Å². The maximum Gasteiger partial charge on any atom is 0.0312 e. The Labute approximate surface area is 329 Å². The molecule has 0 spiro atoms. The standard InChI is InChI=1S/C52H70N2/c1-36-18-19-47(41-22-20-40(21-23-41)46-30-31-53-33-46)34-54(52-17-9-13-42-11-5-6-15-49(42)52)35-51(50-16-8-7-14-48(50)37(36)2)43-27-24-39(25-28-43)45-29-26-38-10-3-4-12-44(38)32-45/h3,7,9-10,14,17,19-20,24,26-29,33,36,38-39,41-42,44-45,49-53H,4-6,8,11-13,15-16,18,21-23,25,30-32,34-35H2,1-2H3/b47-19+,48-37+. The van der Waals surface area contributed by atoms with Crippen molar-refractivity contribution in [3.63, 3.8) is 0 Å². The minimum Gasteiger partial charge on any atom is -0.390 e. The Hall–Kier alpha value is -2.84. The average molecular weight is 723 g/mol. The maximum absolute atomic E-state index is 3.48. The van der Waals surface area contributed by atoms with Gasteiger partial charge in [0.25, 0.3) is 0 Å². The van der Waals surface area contributed by atoms with Crippen LogP contribution in [0.15, 0.2) is 119 Å². The van der Waals surface area contributed by atoms with E-state index < -0.39 is 0 Å². The lowest BCUT2D eigenvalue weighted by atomic mass is 9.68. The fourth-order valence-electron chi connectivity index (χ4n) is 12.8. The van der Waals surface area contributed by atoms with Crippen molar-refractivity contribution >= 4 is 0 Å². The van der Waals surface area contributed by atoms with Gasteiger partial charge in [0.2, 0.25) is 0 Å². The number of nitrogens with zero attached hydrogens (tertiary/aromatic N) is 1. The van der Waals surface area contributed by atoms with Crippen LogP contribution in [0.25, 0.3) is 0 Å². The summed E-state index contributed by atoms with van der Waals surface area (Å²) < 4.78 is 0. The molecule has 0 aromatic rings. The van der Waals surface area contributed by atoms with E-state index in [0.717, 1.165) is 30.8 Å². The van der Waals surface area contributed by atoms with Crippen LogP contribution in [0.5, 0.6) is 0 Å². The average Bonchev–Trinajstić information content (AvgIpc) is 3.78. The van der Waals surface area contributed by atoms with Crippen molar-refractivity contribution < 1.29 is 0 Å². The first-order valence-corrected chi connectivity index (χ1v) is 22.9. The molecule has 1 N–H and O–H groups in total. The summed E-state index contributed by atoms with van der Waals surface area (Å²) in [6.07, 6.45) is 57.2. The van der Waals surface area contributed by atoms with Gasteiger partial charge in [0, 0.05) is 31.6 Å². The zero-order chi connectivity index (χ0) is 36.4. The second kappa shape index (κ2) is 16.7. The van der Waals surface area contributed by atoms with Crippen LogP contribution >= 0.6 is 0 Å². The second-order valence-electron chi connectivity index (χ2n) is 19.2. The third-order valence-corrected chi connectivity index (χ3v) is 16.2. The second-order valence-corrected chi connectivity index (χ2v) is 19.2. The first kappa shape index (κ1) is 36.8.